The summed E-state index contributed by atoms with van der Waals surface area (Å²) in [5.74, 6) is -1.40. The van der Waals surface area contributed by atoms with Crippen molar-refractivity contribution in [1.29, 1.82) is 0 Å². The van der Waals surface area contributed by atoms with Gasteiger partial charge in [-0.05, 0) is 39.0 Å². The SMILES string of the molecule is C[C@@H](/C=C/S(C)(=O)=O)NC(=O)N1CC[C@H](C(F)(F)F)C[C@@H]1C1=CCCC1. The van der Waals surface area contributed by atoms with E-state index in [1.165, 1.54) is 11.0 Å². The number of piperidine rings is 1. The zero-order valence-electron chi connectivity index (χ0n) is 14.9. The van der Waals surface area contributed by atoms with Crippen molar-refractivity contribution < 1.29 is 26.4 Å². The van der Waals surface area contributed by atoms with E-state index in [0.29, 0.717) is 6.42 Å². The number of carbonyl (C=O) groups is 1. The molecule has 148 valence electrons. The maximum absolute atomic E-state index is 13.1. The number of halogens is 3. The van der Waals surface area contributed by atoms with Crippen molar-refractivity contribution in [3.63, 3.8) is 0 Å². The van der Waals surface area contributed by atoms with Crippen LogP contribution in [0.2, 0.25) is 0 Å². The van der Waals surface area contributed by atoms with Gasteiger partial charge in [-0.15, -0.1) is 0 Å². The summed E-state index contributed by atoms with van der Waals surface area (Å²) in [5.41, 5.74) is 0.897. The van der Waals surface area contributed by atoms with E-state index in [1.54, 1.807) is 6.92 Å². The second-order valence-corrected chi connectivity index (χ2v) is 8.97. The molecule has 0 unspecified atom stereocenters. The van der Waals surface area contributed by atoms with E-state index in [1.807, 2.05) is 6.08 Å². The van der Waals surface area contributed by atoms with Crippen LogP contribution in [0, 0.1) is 5.92 Å². The molecule has 1 aliphatic heterocycles. The molecule has 1 fully saturated rings. The molecule has 0 bridgehead atoms. The molecule has 0 aromatic heterocycles. The number of carbonyl (C=O) groups excluding carboxylic acids is 1. The zero-order valence-corrected chi connectivity index (χ0v) is 15.7. The van der Waals surface area contributed by atoms with E-state index in [-0.39, 0.29) is 19.4 Å². The molecule has 2 rings (SSSR count). The summed E-state index contributed by atoms with van der Waals surface area (Å²) in [6.07, 6.45) is 2.27. The van der Waals surface area contributed by atoms with E-state index >= 15 is 0 Å². The highest BCUT2D eigenvalue weighted by Crippen LogP contribution is 2.40. The molecule has 0 saturated carbocycles. The van der Waals surface area contributed by atoms with Gasteiger partial charge in [-0.3, -0.25) is 0 Å². The number of allylic oxidation sites excluding steroid dienone is 1. The second-order valence-electron chi connectivity index (χ2n) is 7.04. The lowest BCUT2D eigenvalue weighted by molar-refractivity contribution is -0.186. The molecule has 9 heteroatoms. The van der Waals surface area contributed by atoms with Gasteiger partial charge in [0.2, 0.25) is 0 Å². The van der Waals surface area contributed by atoms with E-state index in [9.17, 15) is 26.4 Å². The highest BCUT2D eigenvalue weighted by molar-refractivity contribution is 7.93. The minimum Gasteiger partial charge on any atom is -0.332 e. The Bertz CT molecular complexity index is 686. The number of sulfone groups is 1. The van der Waals surface area contributed by atoms with Gasteiger partial charge in [0.1, 0.15) is 0 Å². The van der Waals surface area contributed by atoms with Crippen LogP contribution < -0.4 is 5.32 Å². The first kappa shape index (κ1) is 20.8. The molecule has 0 spiro atoms. The molecule has 0 radical (unpaired) electrons. The maximum Gasteiger partial charge on any atom is 0.391 e. The monoisotopic (exact) mass is 394 g/mol. The number of amides is 2. The van der Waals surface area contributed by atoms with Crippen molar-refractivity contribution in [2.75, 3.05) is 12.8 Å². The highest BCUT2D eigenvalue weighted by atomic mass is 32.2. The summed E-state index contributed by atoms with van der Waals surface area (Å²) < 4.78 is 61.8. The molecule has 5 nitrogen and oxygen atoms in total. The molecule has 1 N–H and O–H groups in total. The van der Waals surface area contributed by atoms with E-state index in [4.69, 9.17) is 0 Å². The third-order valence-corrected chi connectivity index (χ3v) is 5.45. The Labute approximate surface area is 152 Å². The molecule has 2 aliphatic rings. The quantitative estimate of drug-likeness (QED) is 0.744. The molecule has 0 aromatic carbocycles. The fraction of sp³-hybridized carbons (Fsp3) is 0.706. The highest BCUT2D eigenvalue weighted by Gasteiger charge is 2.46. The van der Waals surface area contributed by atoms with E-state index in [0.717, 1.165) is 30.1 Å². The van der Waals surface area contributed by atoms with Gasteiger partial charge < -0.3 is 10.2 Å². The lowest BCUT2D eigenvalue weighted by Crippen LogP contribution is -2.54. The lowest BCUT2D eigenvalue weighted by Gasteiger charge is -2.41. The van der Waals surface area contributed by atoms with Crippen molar-refractivity contribution in [1.82, 2.24) is 10.2 Å². The lowest BCUT2D eigenvalue weighted by atomic mass is 9.86. The second kappa shape index (κ2) is 8.02. The normalized spacial score (nSPS) is 26.0. The van der Waals surface area contributed by atoms with Gasteiger partial charge in [0.15, 0.2) is 9.84 Å². The van der Waals surface area contributed by atoms with Crippen molar-refractivity contribution in [3.05, 3.63) is 23.1 Å². The van der Waals surface area contributed by atoms with Crippen LogP contribution in [0.3, 0.4) is 0 Å². The third kappa shape index (κ3) is 5.75. The van der Waals surface area contributed by atoms with Crippen LogP contribution in [0.25, 0.3) is 0 Å². The van der Waals surface area contributed by atoms with Gasteiger partial charge >= 0.3 is 12.2 Å². The number of rotatable bonds is 4. The molecule has 1 aliphatic carbocycles. The molecule has 26 heavy (non-hydrogen) atoms. The van der Waals surface area contributed by atoms with Gasteiger partial charge in [-0.1, -0.05) is 17.7 Å². The van der Waals surface area contributed by atoms with Crippen molar-refractivity contribution in [3.8, 4) is 0 Å². The molecular formula is C17H25F3N2O3S. The number of nitrogens with one attached hydrogen (secondary N) is 1. The summed E-state index contributed by atoms with van der Waals surface area (Å²) in [4.78, 5) is 14.0. The summed E-state index contributed by atoms with van der Waals surface area (Å²) in [5, 5.41) is 3.66. The Hall–Kier alpha value is -1.51. The van der Waals surface area contributed by atoms with Gasteiger partial charge in [0, 0.05) is 24.3 Å². The van der Waals surface area contributed by atoms with Crippen LogP contribution in [-0.2, 0) is 9.84 Å². The minimum absolute atomic E-state index is 0.0283. The summed E-state index contributed by atoms with van der Waals surface area (Å²) in [7, 11) is -3.31. The zero-order chi connectivity index (χ0) is 19.5. The number of nitrogens with zero attached hydrogens (tertiary/aromatic N) is 1. The van der Waals surface area contributed by atoms with Crippen LogP contribution in [0.15, 0.2) is 23.1 Å². The molecule has 2 amide bonds. The van der Waals surface area contributed by atoms with E-state index in [2.05, 4.69) is 5.32 Å². The van der Waals surface area contributed by atoms with Crippen molar-refractivity contribution >= 4 is 15.9 Å². The number of hydrogen-bond acceptors (Lipinski definition) is 3. The number of hydrogen-bond donors (Lipinski definition) is 1. The van der Waals surface area contributed by atoms with E-state index < -0.39 is 40.0 Å². The van der Waals surface area contributed by atoms with Crippen LogP contribution in [0.5, 0.6) is 0 Å². The largest absolute Gasteiger partial charge is 0.391 e. The van der Waals surface area contributed by atoms with Crippen LogP contribution in [-0.4, -0.2) is 50.4 Å². The predicted molar refractivity (Wildman–Crippen MR) is 93.2 cm³/mol. The van der Waals surface area contributed by atoms with Gasteiger partial charge in [0.05, 0.1) is 12.0 Å². The Balaban J connectivity index is 2.10. The van der Waals surface area contributed by atoms with Crippen molar-refractivity contribution in [2.45, 2.75) is 57.3 Å². The Kier molecular flexibility index (Phi) is 6.42. The molecule has 1 heterocycles. The smallest absolute Gasteiger partial charge is 0.332 e. The Morgan fingerprint density at radius 2 is 2.12 bits per heavy atom. The van der Waals surface area contributed by atoms with Gasteiger partial charge in [-0.2, -0.15) is 13.2 Å². The summed E-state index contributed by atoms with van der Waals surface area (Å²) in [6, 6.07) is -1.56. The Morgan fingerprint density at radius 1 is 1.42 bits per heavy atom. The number of urea groups is 1. The summed E-state index contributed by atoms with van der Waals surface area (Å²) >= 11 is 0. The number of alkyl halides is 3. The van der Waals surface area contributed by atoms with Crippen LogP contribution in [0.1, 0.15) is 39.0 Å². The molecule has 3 atom stereocenters. The Morgan fingerprint density at radius 3 is 2.65 bits per heavy atom. The first-order valence-electron chi connectivity index (χ1n) is 8.68. The van der Waals surface area contributed by atoms with Crippen LogP contribution >= 0.6 is 0 Å². The number of likely N-dealkylation sites (tertiary alicyclic amines) is 1. The molecular weight excluding hydrogens is 369 g/mol. The average molecular weight is 394 g/mol. The average Bonchev–Trinajstić information content (AvgIpc) is 3.05. The van der Waals surface area contributed by atoms with Gasteiger partial charge in [0.25, 0.3) is 0 Å². The third-order valence-electron chi connectivity index (χ3n) is 4.80. The summed E-state index contributed by atoms with van der Waals surface area (Å²) in [6.45, 7) is 1.65. The fourth-order valence-electron chi connectivity index (χ4n) is 3.44. The fourth-order valence-corrected chi connectivity index (χ4v) is 3.96. The first-order valence-corrected chi connectivity index (χ1v) is 10.6. The predicted octanol–water partition coefficient (Wildman–Crippen LogP) is 3.40. The topological polar surface area (TPSA) is 66.5 Å². The van der Waals surface area contributed by atoms with Crippen LogP contribution in [0.4, 0.5) is 18.0 Å². The molecule has 0 aromatic rings. The standard InChI is InChI=1S/C17H25F3N2O3S/c1-12(8-10-26(2,24)25)21-16(23)22-9-7-14(17(18,19)20)11-15(22)13-5-3-4-6-13/h5,8,10,12,14-15H,3-4,6-7,9,11H2,1-2H3,(H,21,23)/b10-8+/t12-,14-,15+/m0/s1. The van der Waals surface area contributed by atoms with Gasteiger partial charge in [-0.25, -0.2) is 13.2 Å². The first-order chi connectivity index (χ1) is 12.0. The minimum atomic E-state index is -4.26. The van der Waals surface area contributed by atoms with Crippen molar-refractivity contribution in [2.24, 2.45) is 5.92 Å². The maximum atomic E-state index is 13.1. The molecule has 1 saturated heterocycles.